The lowest BCUT2D eigenvalue weighted by molar-refractivity contribution is -0.133. The molecule has 0 radical (unpaired) electrons. The quantitative estimate of drug-likeness (QED) is 0.547. The molecule has 6 nitrogen and oxygen atoms in total. The number of fused-ring (bicyclic) bond motifs is 3. The first kappa shape index (κ1) is 22.8. The highest BCUT2D eigenvalue weighted by Gasteiger charge is 2.48. The van der Waals surface area contributed by atoms with Crippen molar-refractivity contribution in [1.82, 2.24) is 14.8 Å². The number of amides is 2. The van der Waals surface area contributed by atoms with Gasteiger partial charge in [-0.2, -0.15) is 0 Å². The van der Waals surface area contributed by atoms with E-state index in [0.717, 1.165) is 36.8 Å². The molecule has 1 saturated carbocycles. The van der Waals surface area contributed by atoms with Crippen molar-refractivity contribution in [3.63, 3.8) is 0 Å². The minimum absolute atomic E-state index is 0.0531. The van der Waals surface area contributed by atoms with Crippen LogP contribution in [-0.4, -0.2) is 39.4 Å². The number of nitrogens with one attached hydrogen (secondary N) is 1. The first-order valence-electron chi connectivity index (χ1n) is 12.7. The van der Waals surface area contributed by atoms with Crippen LogP contribution in [-0.2, 0) is 11.3 Å². The maximum Gasteiger partial charge on any atom is 0.271 e. The fraction of sp³-hybridized carbons (Fsp3) is 0.500. The van der Waals surface area contributed by atoms with Crippen LogP contribution in [0.15, 0.2) is 53.1 Å². The largest absolute Gasteiger partial charge is 0.463 e. The second kappa shape index (κ2) is 9.32. The van der Waals surface area contributed by atoms with E-state index in [9.17, 15) is 9.59 Å². The monoisotopic (exact) mass is 461 g/mol. The fourth-order valence-electron chi connectivity index (χ4n) is 5.66. The lowest BCUT2D eigenvalue weighted by atomic mass is 9.90. The predicted octanol–water partition coefficient (Wildman–Crippen LogP) is 5.48. The summed E-state index contributed by atoms with van der Waals surface area (Å²) in [7, 11) is 0. The summed E-state index contributed by atoms with van der Waals surface area (Å²) < 4.78 is 7.55. The number of nitrogens with zero attached hydrogens (tertiary/aromatic N) is 2. The van der Waals surface area contributed by atoms with Crippen LogP contribution in [0.5, 0.6) is 0 Å². The zero-order chi connectivity index (χ0) is 23.7. The Morgan fingerprint density at radius 1 is 1.12 bits per heavy atom. The molecule has 1 aromatic carbocycles. The summed E-state index contributed by atoms with van der Waals surface area (Å²) in [6.07, 6.45) is 9.70. The van der Waals surface area contributed by atoms with E-state index in [1.54, 1.807) is 11.2 Å². The fourth-order valence-corrected chi connectivity index (χ4v) is 5.66. The molecule has 0 saturated heterocycles. The molecule has 180 valence electrons. The number of carbonyl (C=O) groups excluding carboxylic acids is 2. The minimum atomic E-state index is -0.987. The van der Waals surface area contributed by atoms with Crippen LogP contribution in [0.3, 0.4) is 0 Å². The van der Waals surface area contributed by atoms with E-state index in [2.05, 4.69) is 24.4 Å². The average molecular weight is 462 g/mol. The van der Waals surface area contributed by atoms with Crippen molar-refractivity contribution in [2.75, 3.05) is 6.54 Å². The molecule has 3 aromatic rings. The molecule has 5 rings (SSSR count). The molecular weight excluding hydrogens is 426 g/mol. The van der Waals surface area contributed by atoms with Gasteiger partial charge in [0.05, 0.1) is 18.3 Å². The van der Waals surface area contributed by atoms with E-state index < -0.39 is 5.54 Å². The molecule has 2 aromatic heterocycles. The van der Waals surface area contributed by atoms with E-state index in [0.29, 0.717) is 24.4 Å². The highest BCUT2D eigenvalue weighted by molar-refractivity contribution is 6.03. The van der Waals surface area contributed by atoms with E-state index in [1.807, 2.05) is 41.8 Å². The molecule has 2 atom stereocenters. The number of rotatable bonds is 5. The Hall–Kier alpha value is -3.02. The average Bonchev–Trinajstić information content (AvgIpc) is 3.41. The van der Waals surface area contributed by atoms with Crippen molar-refractivity contribution < 1.29 is 14.0 Å². The van der Waals surface area contributed by atoms with Crippen molar-refractivity contribution in [3.8, 4) is 0 Å². The Kier molecular flexibility index (Phi) is 6.24. The molecule has 1 fully saturated rings. The molecule has 34 heavy (non-hydrogen) atoms. The number of benzene rings is 1. The molecule has 2 aliphatic rings. The second-order valence-electron chi connectivity index (χ2n) is 10.3. The van der Waals surface area contributed by atoms with E-state index >= 15 is 0 Å². The maximum absolute atomic E-state index is 13.9. The predicted molar refractivity (Wildman–Crippen MR) is 133 cm³/mol. The Morgan fingerprint density at radius 2 is 1.82 bits per heavy atom. The van der Waals surface area contributed by atoms with E-state index in [4.69, 9.17) is 4.42 Å². The van der Waals surface area contributed by atoms with Gasteiger partial charge in [0.2, 0.25) is 5.91 Å². The minimum Gasteiger partial charge on any atom is -0.463 e. The summed E-state index contributed by atoms with van der Waals surface area (Å²) in [5, 5.41) is 3.36. The third-order valence-corrected chi connectivity index (χ3v) is 7.80. The Bertz CT molecular complexity index is 1160. The van der Waals surface area contributed by atoms with Crippen molar-refractivity contribution in [2.24, 2.45) is 0 Å². The summed E-state index contributed by atoms with van der Waals surface area (Å²) in [5.41, 5.74) is 2.31. The molecular formula is C28H35N3O3. The van der Waals surface area contributed by atoms with E-state index in [-0.39, 0.29) is 23.8 Å². The van der Waals surface area contributed by atoms with Crippen molar-refractivity contribution in [3.05, 3.63) is 60.0 Å². The molecule has 0 unspecified atom stereocenters. The van der Waals surface area contributed by atoms with Gasteiger partial charge >= 0.3 is 0 Å². The summed E-state index contributed by atoms with van der Waals surface area (Å²) in [6.45, 7) is 4.94. The third kappa shape index (κ3) is 4.15. The van der Waals surface area contributed by atoms with Gasteiger partial charge in [-0.25, -0.2) is 0 Å². The van der Waals surface area contributed by atoms with Crippen LogP contribution < -0.4 is 5.32 Å². The van der Waals surface area contributed by atoms with Crippen molar-refractivity contribution in [1.29, 1.82) is 0 Å². The standard InChI is InChI=1S/C28H35N3O3/c1-20(21-11-7-6-8-12-21)18-31-26(32)24-17-25-23(15-16-34-25)30(24)19-28(31,2)27(33)29-22-13-9-4-3-5-10-14-22/h6-8,11-12,15-17,20,22H,3-5,9-10,13-14,18-19H2,1-2H3,(H,29,33)/t20-,28+/m0/s1. The number of hydrogen-bond donors (Lipinski definition) is 1. The summed E-state index contributed by atoms with van der Waals surface area (Å²) >= 11 is 0. The highest BCUT2D eigenvalue weighted by atomic mass is 16.3. The number of carbonyl (C=O) groups is 2. The normalized spacial score (nSPS) is 22.8. The Labute approximate surface area is 201 Å². The number of hydrogen-bond acceptors (Lipinski definition) is 3. The number of furan rings is 1. The van der Waals surface area contributed by atoms with Gasteiger partial charge in [-0.15, -0.1) is 0 Å². The van der Waals surface area contributed by atoms with Crippen LogP contribution in [0.1, 0.15) is 80.8 Å². The third-order valence-electron chi connectivity index (χ3n) is 7.80. The summed E-state index contributed by atoms with van der Waals surface area (Å²) in [4.78, 5) is 29.6. The SMILES string of the molecule is C[C@@H](CN1C(=O)c2cc3occc3n2C[C@]1(C)C(=O)NC1CCCCCCC1)c1ccccc1. The van der Waals surface area contributed by atoms with Gasteiger partial charge in [-0.3, -0.25) is 9.59 Å². The van der Waals surface area contributed by atoms with Crippen LogP contribution >= 0.6 is 0 Å². The molecule has 1 N–H and O–H groups in total. The van der Waals surface area contributed by atoms with Crippen LogP contribution in [0.2, 0.25) is 0 Å². The maximum atomic E-state index is 13.9. The van der Waals surface area contributed by atoms with Gasteiger partial charge in [-0.1, -0.05) is 69.4 Å². The van der Waals surface area contributed by atoms with Gasteiger partial charge in [-0.05, 0) is 31.2 Å². The van der Waals surface area contributed by atoms with Crippen molar-refractivity contribution in [2.45, 2.75) is 82.8 Å². The molecule has 1 aliphatic carbocycles. The van der Waals surface area contributed by atoms with Gasteiger partial charge in [0.25, 0.3) is 5.91 Å². The second-order valence-corrected chi connectivity index (χ2v) is 10.3. The molecule has 0 spiro atoms. The topological polar surface area (TPSA) is 67.5 Å². The first-order chi connectivity index (χ1) is 16.5. The van der Waals surface area contributed by atoms with Crippen LogP contribution in [0, 0.1) is 0 Å². The van der Waals surface area contributed by atoms with Crippen LogP contribution in [0.25, 0.3) is 11.1 Å². The molecule has 1 aliphatic heterocycles. The smallest absolute Gasteiger partial charge is 0.271 e. The van der Waals surface area contributed by atoms with Gasteiger partial charge < -0.3 is 19.2 Å². The lowest BCUT2D eigenvalue weighted by Crippen LogP contribution is -2.65. The summed E-state index contributed by atoms with van der Waals surface area (Å²) in [6, 6.07) is 14.1. The highest BCUT2D eigenvalue weighted by Crippen LogP contribution is 2.34. The Morgan fingerprint density at radius 3 is 2.56 bits per heavy atom. The Balaban J connectivity index is 1.47. The molecule has 2 amide bonds. The van der Waals surface area contributed by atoms with Gasteiger partial charge in [0, 0.05) is 24.7 Å². The van der Waals surface area contributed by atoms with Crippen molar-refractivity contribution >= 4 is 22.9 Å². The van der Waals surface area contributed by atoms with Gasteiger partial charge in [0.1, 0.15) is 11.2 Å². The summed E-state index contributed by atoms with van der Waals surface area (Å²) in [5.74, 6) is -0.0680. The number of aromatic nitrogens is 1. The molecule has 0 bridgehead atoms. The zero-order valence-electron chi connectivity index (χ0n) is 20.3. The zero-order valence-corrected chi connectivity index (χ0v) is 20.3. The first-order valence-corrected chi connectivity index (χ1v) is 12.7. The van der Waals surface area contributed by atoms with Crippen LogP contribution in [0.4, 0.5) is 0 Å². The molecule has 6 heteroatoms. The van der Waals surface area contributed by atoms with Gasteiger partial charge in [0.15, 0.2) is 5.58 Å². The lowest BCUT2D eigenvalue weighted by Gasteiger charge is -2.45. The van der Waals surface area contributed by atoms with E-state index in [1.165, 1.54) is 19.3 Å². The molecule has 3 heterocycles.